The van der Waals surface area contributed by atoms with Gasteiger partial charge in [-0.3, -0.25) is 9.36 Å². The second-order valence-electron chi connectivity index (χ2n) is 5.76. The van der Waals surface area contributed by atoms with Crippen molar-refractivity contribution in [3.05, 3.63) is 78.7 Å². The summed E-state index contributed by atoms with van der Waals surface area (Å²) in [6, 6.07) is 13.0. The molecule has 0 bridgehead atoms. The lowest BCUT2D eigenvalue weighted by atomic mass is 10.2. The molecule has 0 spiro atoms. The van der Waals surface area contributed by atoms with Gasteiger partial charge in [0.15, 0.2) is 0 Å². The maximum absolute atomic E-state index is 12.4. The van der Waals surface area contributed by atoms with E-state index < -0.39 is 0 Å². The molecule has 0 saturated heterocycles. The van der Waals surface area contributed by atoms with Crippen molar-refractivity contribution in [2.75, 3.05) is 0 Å². The lowest BCUT2D eigenvalue weighted by molar-refractivity contribution is 0.0935. The summed E-state index contributed by atoms with van der Waals surface area (Å²) in [6.45, 7) is 1.89. The predicted octanol–water partition coefficient (Wildman–Crippen LogP) is 3.50. The topological polar surface area (TPSA) is 73.0 Å². The van der Waals surface area contributed by atoms with Gasteiger partial charge in [0.2, 0.25) is 0 Å². The van der Waals surface area contributed by atoms with Gasteiger partial charge in [0.25, 0.3) is 5.91 Å². The molecule has 1 amide bonds. The van der Waals surface area contributed by atoms with Crippen LogP contribution in [0.3, 0.4) is 0 Å². The molecule has 0 unspecified atom stereocenters. The van der Waals surface area contributed by atoms with Crippen LogP contribution in [0.15, 0.2) is 71.8 Å². The molecule has 0 aliphatic rings. The van der Waals surface area contributed by atoms with Crippen molar-refractivity contribution in [3.63, 3.8) is 0 Å². The smallest absolute Gasteiger partial charge is 0.253 e. The van der Waals surface area contributed by atoms with Crippen LogP contribution >= 0.6 is 0 Å². The summed E-state index contributed by atoms with van der Waals surface area (Å²) in [6.07, 6.45) is 6.69. The lowest BCUT2D eigenvalue weighted by Gasteiger charge is -2.11. The average molecular weight is 332 g/mol. The van der Waals surface area contributed by atoms with E-state index in [0.29, 0.717) is 11.4 Å². The number of para-hydroxylation sites is 1. The molecule has 1 atom stereocenters. The van der Waals surface area contributed by atoms with Crippen molar-refractivity contribution >= 4 is 16.9 Å². The van der Waals surface area contributed by atoms with Gasteiger partial charge in [0.1, 0.15) is 23.5 Å². The summed E-state index contributed by atoms with van der Waals surface area (Å²) in [4.78, 5) is 20.7. The Bertz CT molecular complexity index is 971. The number of nitrogens with zero attached hydrogens (tertiary/aromatic N) is 3. The van der Waals surface area contributed by atoms with Crippen LogP contribution in [-0.2, 0) is 0 Å². The van der Waals surface area contributed by atoms with E-state index in [1.165, 1.54) is 0 Å². The highest BCUT2D eigenvalue weighted by Gasteiger charge is 2.15. The summed E-state index contributed by atoms with van der Waals surface area (Å²) in [5, 5.41) is 3.95. The van der Waals surface area contributed by atoms with Crippen LogP contribution in [0, 0.1) is 0 Å². The van der Waals surface area contributed by atoms with Crippen LogP contribution in [0.25, 0.3) is 16.8 Å². The summed E-state index contributed by atoms with van der Waals surface area (Å²) in [5.41, 5.74) is 1.30. The molecule has 0 saturated carbocycles. The Balaban J connectivity index is 1.49. The van der Waals surface area contributed by atoms with Gasteiger partial charge in [-0.05, 0) is 31.2 Å². The standard InChI is InChI=1S/C19H16N4O2/c1-13(17-10-14-4-2-3-5-16(14)25-17)22-19(24)15-6-7-18(21-11-15)23-9-8-20-12-23/h2-13H,1H3,(H,22,24)/t13-/m0/s1. The van der Waals surface area contributed by atoms with Gasteiger partial charge < -0.3 is 9.73 Å². The number of pyridine rings is 1. The second-order valence-corrected chi connectivity index (χ2v) is 5.76. The minimum absolute atomic E-state index is 0.197. The fraction of sp³-hybridized carbons (Fsp3) is 0.105. The normalized spacial score (nSPS) is 12.2. The van der Waals surface area contributed by atoms with E-state index in [4.69, 9.17) is 4.42 Å². The van der Waals surface area contributed by atoms with Crippen LogP contribution in [0.1, 0.15) is 29.1 Å². The second kappa shape index (κ2) is 6.24. The van der Waals surface area contributed by atoms with Gasteiger partial charge >= 0.3 is 0 Å². The summed E-state index contributed by atoms with van der Waals surface area (Å²) < 4.78 is 7.57. The number of imidazole rings is 1. The maximum Gasteiger partial charge on any atom is 0.253 e. The van der Waals surface area contributed by atoms with E-state index in [-0.39, 0.29) is 11.9 Å². The predicted molar refractivity (Wildman–Crippen MR) is 93.5 cm³/mol. The molecular weight excluding hydrogens is 316 g/mol. The Labute approximate surface area is 144 Å². The van der Waals surface area contributed by atoms with Crippen LogP contribution in [-0.4, -0.2) is 20.4 Å². The average Bonchev–Trinajstić information content (AvgIpc) is 3.31. The third kappa shape index (κ3) is 3.01. The number of furan rings is 1. The van der Waals surface area contributed by atoms with E-state index >= 15 is 0 Å². The number of nitrogens with one attached hydrogen (secondary N) is 1. The summed E-state index contributed by atoms with van der Waals surface area (Å²) >= 11 is 0. The van der Waals surface area contributed by atoms with Crippen LogP contribution in [0.5, 0.6) is 0 Å². The Hall–Kier alpha value is -3.41. The van der Waals surface area contributed by atoms with Crippen LogP contribution in [0.2, 0.25) is 0 Å². The Morgan fingerprint density at radius 3 is 2.84 bits per heavy atom. The molecule has 6 nitrogen and oxygen atoms in total. The van der Waals surface area contributed by atoms with Gasteiger partial charge in [0.05, 0.1) is 11.6 Å². The Morgan fingerprint density at radius 1 is 1.24 bits per heavy atom. The molecule has 4 rings (SSSR count). The molecule has 3 aromatic heterocycles. The van der Waals surface area contributed by atoms with Gasteiger partial charge in [-0.1, -0.05) is 18.2 Å². The highest BCUT2D eigenvalue weighted by molar-refractivity contribution is 5.94. The highest BCUT2D eigenvalue weighted by Crippen LogP contribution is 2.23. The molecule has 4 aromatic rings. The van der Waals surface area contributed by atoms with Crippen molar-refractivity contribution in [2.45, 2.75) is 13.0 Å². The van der Waals surface area contributed by atoms with E-state index in [1.54, 1.807) is 41.6 Å². The van der Waals surface area contributed by atoms with Crippen molar-refractivity contribution < 1.29 is 9.21 Å². The van der Waals surface area contributed by atoms with Gasteiger partial charge in [-0.25, -0.2) is 9.97 Å². The highest BCUT2D eigenvalue weighted by atomic mass is 16.3. The summed E-state index contributed by atoms with van der Waals surface area (Å²) in [7, 11) is 0. The SMILES string of the molecule is C[C@H](NC(=O)c1ccc(-n2ccnc2)nc1)c1cc2ccccc2o1. The molecule has 0 aliphatic carbocycles. The van der Waals surface area contributed by atoms with Crippen LogP contribution < -0.4 is 5.32 Å². The molecule has 124 valence electrons. The zero-order chi connectivity index (χ0) is 17.2. The number of rotatable bonds is 4. The first kappa shape index (κ1) is 15.1. The number of carbonyl (C=O) groups excluding carboxylic acids is 1. The first-order valence-electron chi connectivity index (χ1n) is 7.94. The van der Waals surface area contributed by atoms with E-state index in [1.807, 2.05) is 37.3 Å². The van der Waals surface area contributed by atoms with E-state index in [2.05, 4.69) is 15.3 Å². The van der Waals surface area contributed by atoms with Crippen molar-refractivity contribution in [2.24, 2.45) is 0 Å². The number of fused-ring (bicyclic) bond motifs is 1. The monoisotopic (exact) mass is 332 g/mol. The minimum atomic E-state index is -0.242. The molecule has 1 aromatic carbocycles. The first-order chi connectivity index (χ1) is 12.2. The number of amides is 1. The third-order valence-corrected chi connectivity index (χ3v) is 4.00. The molecule has 0 fully saturated rings. The molecule has 1 N–H and O–H groups in total. The molecule has 6 heteroatoms. The molecule has 0 aliphatic heterocycles. The largest absolute Gasteiger partial charge is 0.459 e. The number of aromatic nitrogens is 3. The molecule has 25 heavy (non-hydrogen) atoms. The number of hydrogen-bond donors (Lipinski definition) is 1. The summed E-state index contributed by atoms with van der Waals surface area (Å²) in [5.74, 6) is 1.23. The zero-order valence-corrected chi connectivity index (χ0v) is 13.6. The Morgan fingerprint density at radius 2 is 2.12 bits per heavy atom. The number of carbonyl (C=O) groups is 1. The fourth-order valence-electron chi connectivity index (χ4n) is 2.63. The number of benzene rings is 1. The van der Waals surface area contributed by atoms with E-state index in [9.17, 15) is 4.79 Å². The lowest BCUT2D eigenvalue weighted by Crippen LogP contribution is -2.26. The van der Waals surface area contributed by atoms with Gasteiger partial charge in [-0.2, -0.15) is 0 Å². The van der Waals surface area contributed by atoms with Gasteiger partial charge in [-0.15, -0.1) is 0 Å². The zero-order valence-electron chi connectivity index (χ0n) is 13.6. The third-order valence-electron chi connectivity index (χ3n) is 4.00. The van der Waals surface area contributed by atoms with Crippen molar-refractivity contribution in [3.8, 4) is 5.82 Å². The number of hydrogen-bond acceptors (Lipinski definition) is 4. The molecule has 0 radical (unpaired) electrons. The van der Waals surface area contributed by atoms with Gasteiger partial charge in [0, 0.05) is 24.0 Å². The van der Waals surface area contributed by atoms with Crippen molar-refractivity contribution in [1.29, 1.82) is 0 Å². The fourth-order valence-corrected chi connectivity index (χ4v) is 2.63. The first-order valence-corrected chi connectivity index (χ1v) is 7.94. The van der Waals surface area contributed by atoms with Crippen molar-refractivity contribution in [1.82, 2.24) is 19.9 Å². The van der Waals surface area contributed by atoms with Crippen LogP contribution in [0.4, 0.5) is 0 Å². The molecular formula is C19H16N4O2. The minimum Gasteiger partial charge on any atom is -0.459 e. The Kier molecular flexibility index (Phi) is 3.78. The molecule has 3 heterocycles. The maximum atomic E-state index is 12.4. The van der Waals surface area contributed by atoms with E-state index in [0.717, 1.165) is 16.7 Å². The quantitative estimate of drug-likeness (QED) is 0.621.